The molecule has 7 nitrogen and oxygen atoms in total. The SMILES string of the molecule is Cc1cc(C(=O)Nc2nnc(-c3cccc(Br)c3)o2)n(C)n1. The summed E-state index contributed by atoms with van der Waals surface area (Å²) in [6.07, 6.45) is 0. The molecular formula is C14H12BrN5O2. The van der Waals surface area contributed by atoms with Gasteiger partial charge < -0.3 is 4.42 Å². The van der Waals surface area contributed by atoms with Crippen molar-refractivity contribution in [2.24, 2.45) is 7.05 Å². The summed E-state index contributed by atoms with van der Waals surface area (Å²) < 4.78 is 7.86. The summed E-state index contributed by atoms with van der Waals surface area (Å²) in [5.41, 5.74) is 1.94. The van der Waals surface area contributed by atoms with Gasteiger partial charge in [-0.1, -0.05) is 27.1 Å². The van der Waals surface area contributed by atoms with Crippen LogP contribution in [0.3, 0.4) is 0 Å². The van der Waals surface area contributed by atoms with E-state index in [-0.39, 0.29) is 11.9 Å². The van der Waals surface area contributed by atoms with Gasteiger partial charge in [0, 0.05) is 17.1 Å². The van der Waals surface area contributed by atoms with Crippen LogP contribution in [-0.4, -0.2) is 25.9 Å². The lowest BCUT2D eigenvalue weighted by Crippen LogP contribution is -2.16. The molecule has 0 radical (unpaired) electrons. The average molecular weight is 362 g/mol. The highest BCUT2D eigenvalue weighted by atomic mass is 79.9. The Morgan fingerprint density at radius 3 is 2.82 bits per heavy atom. The zero-order valence-electron chi connectivity index (χ0n) is 11.9. The number of nitrogens with zero attached hydrogens (tertiary/aromatic N) is 4. The Morgan fingerprint density at radius 1 is 1.32 bits per heavy atom. The van der Waals surface area contributed by atoms with Crippen LogP contribution in [0.4, 0.5) is 6.01 Å². The fourth-order valence-electron chi connectivity index (χ4n) is 2.00. The van der Waals surface area contributed by atoms with E-state index in [9.17, 15) is 4.79 Å². The van der Waals surface area contributed by atoms with Crippen molar-refractivity contribution in [2.75, 3.05) is 5.32 Å². The van der Waals surface area contributed by atoms with Gasteiger partial charge in [0.1, 0.15) is 5.69 Å². The van der Waals surface area contributed by atoms with Gasteiger partial charge in [0.15, 0.2) is 0 Å². The number of carbonyl (C=O) groups is 1. The van der Waals surface area contributed by atoms with Crippen LogP contribution in [0.5, 0.6) is 0 Å². The first-order chi connectivity index (χ1) is 10.5. The third kappa shape index (κ3) is 2.91. The smallest absolute Gasteiger partial charge is 0.322 e. The molecule has 0 fully saturated rings. The molecule has 0 spiro atoms. The summed E-state index contributed by atoms with van der Waals surface area (Å²) in [7, 11) is 1.70. The molecule has 0 bridgehead atoms. The minimum atomic E-state index is -0.354. The fraction of sp³-hybridized carbons (Fsp3) is 0.143. The number of aryl methyl sites for hydroxylation is 2. The number of hydrogen-bond donors (Lipinski definition) is 1. The molecule has 2 aromatic heterocycles. The Bertz CT molecular complexity index is 839. The molecule has 1 aromatic carbocycles. The lowest BCUT2D eigenvalue weighted by Gasteiger charge is -2.00. The topological polar surface area (TPSA) is 85.8 Å². The van der Waals surface area contributed by atoms with Gasteiger partial charge in [0.2, 0.25) is 5.89 Å². The molecular weight excluding hydrogens is 350 g/mol. The first-order valence-electron chi connectivity index (χ1n) is 6.44. The average Bonchev–Trinajstić information content (AvgIpc) is 3.05. The van der Waals surface area contributed by atoms with Crippen LogP contribution in [0, 0.1) is 6.92 Å². The largest absolute Gasteiger partial charge is 0.403 e. The van der Waals surface area contributed by atoms with E-state index in [4.69, 9.17) is 4.42 Å². The van der Waals surface area contributed by atoms with Crippen LogP contribution in [0.25, 0.3) is 11.5 Å². The standard InChI is InChI=1S/C14H12BrN5O2/c1-8-6-11(20(2)19-8)12(21)16-14-18-17-13(22-14)9-4-3-5-10(15)7-9/h3-7H,1-2H3,(H,16,18,21). The molecule has 112 valence electrons. The zero-order chi connectivity index (χ0) is 15.7. The van der Waals surface area contributed by atoms with Crippen molar-refractivity contribution in [1.82, 2.24) is 20.0 Å². The number of halogens is 1. The van der Waals surface area contributed by atoms with Crippen molar-refractivity contribution in [2.45, 2.75) is 6.92 Å². The first-order valence-corrected chi connectivity index (χ1v) is 7.23. The third-order valence-corrected chi connectivity index (χ3v) is 3.44. The molecule has 1 amide bonds. The molecule has 2 heterocycles. The van der Waals surface area contributed by atoms with Crippen molar-refractivity contribution >= 4 is 27.9 Å². The maximum Gasteiger partial charge on any atom is 0.322 e. The maximum atomic E-state index is 12.1. The number of anilines is 1. The van der Waals surface area contributed by atoms with E-state index >= 15 is 0 Å². The van der Waals surface area contributed by atoms with Crippen LogP contribution in [-0.2, 0) is 7.05 Å². The Balaban J connectivity index is 1.80. The van der Waals surface area contributed by atoms with Gasteiger partial charge in [-0.05, 0) is 31.2 Å². The van der Waals surface area contributed by atoms with Gasteiger partial charge >= 0.3 is 6.01 Å². The minimum Gasteiger partial charge on any atom is -0.403 e. The molecule has 3 aromatic rings. The van der Waals surface area contributed by atoms with Gasteiger partial charge in [-0.3, -0.25) is 14.8 Å². The molecule has 0 saturated carbocycles. The predicted octanol–water partition coefficient (Wildman–Crippen LogP) is 2.79. The van der Waals surface area contributed by atoms with E-state index in [0.717, 1.165) is 15.7 Å². The lowest BCUT2D eigenvalue weighted by atomic mass is 10.2. The van der Waals surface area contributed by atoms with Crippen LogP contribution in [0.1, 0.15) is 16.2 Å². The molecule has 0 aliphatic heterocycles. The lowest BCUT2D eigenvalue weighted by molar-refractivity contribution is 0.101. The molecule has 0 unspecified atom stereocenters. The fourth-order valence-corrected chi connectivity index (χ4v) is 2.40. The molecule has 0 saturated heterocycles. The first kappa shape index (κ1) is 14.5. The number of rotatable bonds is 3. The van der Waals surface area contributed by atoms with Gasteiger partial charge in [-0.25, -0.2) is 0 Å². The van der Waals surface area contributed by atoms with Crippen molar-refractivity contribution in [3.63, 3.8) is 0 Å². The van der Waals surface area contributed by atoms with E-state index in [2.05, 4.69) is 36.5 Å². The Kier molecular flexibility index (Phi) is 3.76. The predicted molar refractivity (Wildman–Crippen MR) is 83.3 cm³/mol. The molecule has 0 aliphatic rings. The van der Waals surface area contributed by atoms with Crippen LogP contribution in [0.15, 0.2) is 39.2 Å². The second-order valence-corrected chi connectivity index (χ2v) is 5.59. The highest BCUT2D eigenvalue weighted by Gasteiger charge is 2.16. The zero-order valence-corrected chi connectivity index (χ0v) is 13.5. The number of hydrogen-bond acceptors (Lipinski definition) is 5. The molecule has 22 heavy (non-hydrogen) atoms. The van der Waals surface area contributed by atoms with Crippen molar-refractivity contribution in [3.8, 4) is 11.5 Å². The molecule has 3 rings (SSSR count). The normalized spacial score (nSPS) is 10.7. The van der Waals surface area contributed by atoms with E-state index in [1.807, 2.05) is 31.2 Å². The minimum absolute atomic E-state index is 0.0406. The highest BCUT2D eigenvalue weighted by Crippen LogP contribution is 2.23. The number of nitrogens with one attached hydrogen (secondary N) is 1. The summed E-state index contributed by atoms with van der Waals surface area (Å²) >= 11 is 3.38. The summed E-state index contributed by atoms with van der Waals surface area (Å²) in [6, 6.07) is 9.17. The van der Waals surface area contributed by atoms with E-state index in [1.54, 1.807) is 13.1 Å². The number of benzene rings is 1. The maximum absolute atomic E-state index is 12.1. The van der Waals surface area contributed by atoms with Gasteiger partial charge in [-0.15, -0.1) is 5.10 Å². The van der Waals surface area contributed by atoms with Crippen molar-refractivity contribution in [3.05, 3.63) is 46.2 Å². The Labute approximate surface area is 134 Å². The van der Waals surface area contributed by atoms with E-state index in [0.29, 0.717) is 11.6 Å². The van der Waals surface area contributed by atoms with Crippen LogP contribution < -0.4 is 5.32 Å². The summed E-state index contributed by atoms with van der Waals surface area (Å²) in [6.45, 7) is 1.81. The summed E-state index contributed by atoms with van der Waals surface area (Å²) in [5, 5.41) is 14.4. The summed E-state index contributed by atoms with van der Waals surface area (Å²) in [4.78, 5) is 12.1. The third-order valence-electron chi connectivity index (χ3n) is 2.95. The second-order valence-electron chi connectivity index (χ2n) is 4.67. The molecule has 0 atom stereocenters. The van der Waals surface area contributed by atoms with E-state index < -0.39 is 0 Å². The van der Waals surface area contributed by atoms with Gasteiger partial charge in [0.25, 0.3) is 5.91 Å². The molecule has 8 heteroatoms. The Morgan fingerprint density at radius 2 is 2.14 bits per heavy atom. The number of amides is 1. The van der Waals surface area contributed by atoms with Crippen LogP contribution in [0.2, 0.25) is 0 Å². The summed E-state index contributed by atoms with van der Waals surface area (Å²) in [5.74, 6) is -0.0228. The van der Waals surface area contributed by atoms with Gasteiger partial charge in [0.05, 0.1) is 5.69 Å². The second kappa shape index (κ2) is 5.72. The quantitative estimate of drug-likeness (QED) is 0.774. The van der Waals surface area contributed by atoms with E-state index in [1.165, 1.54) is 4.68 Å². The Hall–Kier alpha value is -2.48. The van der Waals surface area contributed by atoms with Crippen molar-refractivity contribution in [1.29, 1.82) is 0 Å². The monoisotopic (exact) mass is 361 g/mol. The van der Waals surface area contributed by atoms with Gasteiger partial charge in [-0.2, -0.15) is 5.10 Å². The molecule has 1 N–H and O–H groups in total. The number of aromatic nitrogens is 4. The number of carbonyl (C=O) groups excluding carboxylic acids is 1. The van der Waals surface area contributed by atoms with Crippen molar-refractivity contribution < 1.29 is 9.21 Å². The van der Waals surface area contributed by atoms with Crippen LogP contribution >= 0.6 is 15.9 Å². The molecule has 0 aliphatic carbocycles. The highest BCUT2D eigenvalue weighted by molar-refractivity contribution is 9.10.